The number of nitrogens with zero attached hydrogens (tertiary/aromatic N) is 2. The summed E-state index contributed by atoms with van der Waals surface area (Å²) in [4.78, 5) is 4.20. The molecule has 0 amide bonds. The second-order valence-electron chi connectivity index (χ2n) is 2.51. The van der Waals surface area contributed by atoms with Crippen LogP contribution in [0, 0.1) is 0 Å². The van der Waals surface area contributed by atoms with Crippen molar-refractivity contribution in [2.24, 2.45) is 0 Å². The van der Waals surface area contributed by atoms with Gasteiger partial charge in [-0.15, -0.1) is 0 Å². The first-order chi connectivity index (χ1) is 5.92. The third kappa shape index (κ3) is 1.03. The third-order valence-electron chi connectivity index (χ3n) is 1.80. The van der Waals surface area contributed by atoms with E-state index in [2.05, 4.69) is 11.9 Å². The second kappa shape index (κ2) is 2.85. The highest BCUT2D eigenvalue weighted by Gasteiger charge is 2.05. The summed E-state index contributed by atoms with van der Waals surface area (Å²) in [5.74, 6) is 1.71. The van der Waals surface area contributed by atoms with Crippen molar-refractivity contribution in [2.45, 2.75) is 13.5 Å². The Morgan fingerprint density at radius 1 is 1.58 bits per heavy atom. The molecule has 0 aromatic carbocycles. The minimum atomic E-state index is 0.821. The Hall–Kier alpha value is -1.51. The molecule has 2 rings (SSSR count). The van der Waals surface area contributed by atoms with E-state index in [0.29, 0.717) is 0 Å². The van der Waals surface area contributed by atoms with Crippen molar-refractivity contribution < 1.29 is 4.42 Å². The van der Waals surface area contributed by atoms with Crippen molar-refractivity contribution in [3.8, 4) is 11.6 Å². The molecule has 2 heterocycles. The predicted octanol–water partition coefficient (Wildman–Crippen LogP) is 2.16. The summed E-state index contributed by atoms with van der Waals surface area (Å²) in [5.41, 5.74) is 0. The Kier molecular flexibility index (Phi) is 1.70. The van der Waals surface area contributed by atoms with Gasteiger partial charge in [0.1, 0.15) is 0 Å². The van der Waals surface area contributed by atoms with E-state index in [-0.39, 0.29) is 0 Å². The fourth-order valence-electron chi connectivity index (χ4n) is 1.20. The SMILES string of the molecule is CCn1ccnc1-c1ccco1. The Labute approximate surface area is 70.7 Å². The number of aryl methyl sites for hydroxylation is 1. The number of aromatic nitrogens is 2. The van der Waals surface area contributed by atoms with Gasteiger partial charge in [-0.05, 0) is 19.1 Å². The van der Waals surface area contributed by atoms with Gasteiger partial charge in [-0.3, -0.25) is 0 Å². The Bertz CT molecular complexity index is 348. The van der Waals surface area contributed by atoms with E-state index in [0.717, 1.165) is 18.1 Å². The molecular weight excluding hydrogens is 152 g/mol. The first-order valence-electron chi connectivity index (χ1n) is 3.97. The summed E-state index contributed by atoms with van der Waals surface area (Å²) in [6.45, 7) is 2.99. The second-order valence-corrected chi connectivity index (χ2v) is 2.51. The first kappa shape index (κ1) is 7.16. The molecule has 62 valence electrons. The van der Waals surface area contributed by atoms with Crippen molar-refractivity contribution in [3.05, 3.63) is 30.8 Å². The lowest BCUT2D eigenvalue weighted by atomic mass is 10.4. The molecule has 0 saturated carbocycles. The van der Waals surface area contributed by atoms with Crippen molar-refractivity contribution in [1.82, 2.24) is 9.55 Å². The highest BCUT2D eigenvalue weighted by atomic mass is 16.3. The minimum absolute atomic E-state index is 0.821. The number of hydrogen-bond acceptors (Lipinski definition) is 2. The first-order valence-corrected chi connectivity index (χ1v) is 3.97. The molecule has 0 aliphatic carbocycles. The van der Waals surface area contributed by atoms with Crippen LogP contribution in [0.15, 0.2) is 35.2 Å². The van der Waals surface area contributed by atoms with Crippen LogP contribution in [-0.2, 0) is 6.54 Å². The van der Waals surface area contributed by atoms with Gasteiger partial charge in [0.05, 0.1) is 6.26 Å². The molecule has 2 aromatic heterocycles. The summed E-state index contributed by atoms with van der Waals surface area (Å²) in [6, 6.07) is 3.78. The Balaban J connectivity index is 2.46. The third-order valence-corrected chi connectivity index (χ3v) is 1.80. The number of rotatable bonds is 2. The molecule has 0 radical (unpaired) electrons. The molecule has 0 bridgehead atoms. The zero-order valence-electron chi connectivity index (χ0n) is 6.90. The lowest BCUT2D eigenvalue weighted by Crippen LogP contribution is -1.94. The normalized spacial score (nSPS) is 10.4. The van der Waals surface area contributed by atoms with Crippen LogP contribution < -0.4 is 0 Å². The van der Waals surface area contributed by atoms with Gasteiger partial charge < -0.3 is 8.98 Å². The Morgan fingerprint density at radius 2 is 2.50 bits per heavy atom. The molecule has 2 aromatic rings. The van der Waals surface area contributed by atoms with Crippen LogP contribution in [-0.4, -0.2) is 9.55 Å². The molecule has 3 heteroatoms. The standard InChI is InChI=1S/C9H10N2O/c1-2-11-6-5-10-9(11)8-4-3-7-12-8/h3-7H,2H2,1H3. The zero-order chi connectivity index (χ0) is 8.39. The molecular formula is C9H10N2O. The van der Waals surface area contributed by atoms with Crippen LogP contribution in [0.3, 0.4) is 0 Å². The van der Waals surface area contributed by atoms with Crippen molar-refractivity contribution in [2.75, 3.05) is 0 Å². The van der Waals surface area contributed by atoms with Crippen molar-refractivity contribution in [3.63, 3.8) is 0 Å². The maximum Gasteiger partial charge on any atom is 0.176 e. The smallest absolute Gasteiger partial charge is 0.176 e. The highest BCUT2D eigenvalue weighted by Crippen LogP contribution is 2.16. The summed E-state index contributed by atoms with van der Waals surface area (Å²) in [6.07, 6.45) is 5.38. The van der Waals surface area contributed by atoms with Crippen LogP contribution in [0.25, 0.3) is 11.6 Å². The lowest BCUT2D eigenvalue weighted by molar-refractivity contribution is 0.570. The fraction of sp³-hybridized carbons (Fsp3) is 0.222. The summed E-state index contributed by atoms with van der Waals surface area (Å²) >= 11 is 0. The van der Waals surface area contributed by atoms with E-state index in [1.165, 1.54) is 0 Å². The molecule has 0 unspecified atom stereocenters. The van der Waals surface area contributed by atoms with Crippen LogP contribution in [0.2, 0.25) is 0 Å². The van der Waals surface area contributed by atoms with Gasteiger partial charge in [-0.2, -0.15) is 0 Å². The summed E-state index contributed by atoms with van der Waals surface area (Å²) in [7, 11) is 0. The van der Waals surface area contributed by atoms with E-state index in [1.54, 1.807) is 12.5 Å². The monoisotopic (exact) mass is 162 g/mol. The Morgan fingerprint density at radius 3 is 3.17 bits per heavy atom. The van der Waals surface area contributed by atoms with E-state index in [1.807, 2.05) is 22.9 Å². The van der Waals surface area contributed by atoms with E-state index >= 15 is 0 Å². The quantitative estimate of drug-likeness (QED) is 0.677. The molecule has 12 heavy (non-hydrogen) atoms. The van der Waals surface area contributed by atoms with Crippen LogP contribution in [0.4, 0.5) is 0 Å². The molecule has 0 saturated heterocycles. The molecule has 0 aliphatic heterocycles. The summed E-state index contributed by atoms with van der Waals surface area (Å²) < 4.78 is 7.28. The minimum Gasteiger partial charge on any atom is -0.461 e. The van der Waals surface area contributed by atoms with Crippen molar-refractivity contribution >= 4 is 0 Å². The van der Waals surface area contributed by atoms with Crippen LogP contribution in [0.5, 0.6) is 0 Å². The van der Waals surface area contributed by atoms with Gasteiger partial charge in [0.25, 0.3) is 0 Å². The van der Waals surface area contributed by atoms with E-state index < -0.39 is 0 Å². The molecule has 0 aliphatic rings. The van der Waals surface area contributed by atoms with E-state index in [9.17, 15) is 0 Å². The predicted molar refractivity (Wildman–Crippen MR) is 45.6 cm³/mol. The average Bonchev–Trinajstić information content (AvgIpc) is 2.74. The van der Waals surface area contributed by atoms with Gasteiger partial charge >= 0.3 is 0 Å². The lowest BCUT2D eigenvalue weighted by Gasteiger charge is -1.99. The van der Waals surface area contributed by atoms with Gasteiger partial charge in [-0.1, -0.05) is 0 Å². The maximum absolute atomic E-state index is 5.24. The number of hydrogen-bond donors (Lipinski definition) is 0. The number of furan rings is 1. The van der Waals surface area contributed by atoms with E-state index in [4.69, 9.17) is 4.42 Å². The molecule has 0 fully saturated rings. The van der Waals surface area contributed by atoms with Gasteiger partial charge in [-0.25, -0.2) is 4.98 Å². The topological polar surface area (TPSA) is 31.0 Å². The molecule has 0 spiro atoms. The zero-order valence-corrected chi connectivity index (χ0v) is 6.90. The van der Waals surface area contributed by atoms with Gasteiger partial charge in [0.15, 0.2) is 11.6 Å². The van der Waals surface area contributed by atoms with Gasteiger partial charge in [0, 0.05) is 18.9 Å². The molecule has 3 nitrogen and oxygen atoms in total. The molecule has 0 atom stereocenters. The largest absolute Gasteiger partial charge is 0.461 e. The van der Waals surface area contributed by atoms with Crippen LogP contribution >= 0.6 is 0 Å². The fourth-order valence-corrected chi connectivity index (χ4v) is 1.20. The molecule has 0 N–H and O–H groups in total. The number of imidazole rings is 1. The highest BCUT2D eigenvalue weighted by molar-refractivity contribution is 5.46. The van der Waals surface area contributed by atoms with Crippen LogP contribution in [0.1, 0.15) is 6.92 Å². The van der Waals surface area contributed by atoms with Crippen molar-refractivity contribution in [1.29, 1.82) is 0 Å². The maximum atomic E-state index is 5.24. The van der Waals surface area contributed by atoms with Gasteiger partial charge in [0.2, 0.25) is 0 Å². The average molecular weight is 162 g/mol. The summed E-state index contributed by atoms with van der Waals surface area (Å²) in [5, 5.41) is 0.